The summed E-state index contributed by atoms with van der Waals surface area (Å²) in [5.74, 6) is 1.33. The molecule has 3 heteroatoms. The van der Waals surface area contributed by atoms with Gasteiger partial charge in [-0.1, -0.05) is 23.8 Å². The van der Waals surface area contributed by atoms with E-state index in [0.29, 0.717) is 18.3 Å². The molecule has 2 fully saturated rings. The van der Waals surface area contributed by atoms with Gasteiger partial charge in [0.2, 0.25) is 0 Å². The lowest BCUT2D eigenvalue weighted by atomic mass is 10.00. The maximum Gasteiger partial charge on any atom is 0.164 e. The first-order valence-corrected chi connectivity index (χ1v) is 7.64. The molecule has 0 spiro atoms. The first-order chi connectivity index (χ1) is 9.63. The van der Waals surface area contributed by atoms with Gasteiger partial charge in [0.25, 0.3) is 0 Å². The van der Waals surface area contributed by atoms with E-state index in [9.17, 15) is 9.90 Å². The van der Waals surface area contributed by atoms with Gasteiger partial charge in [0, 0.05) is 37.5 Å². The molecule has 20 heavy (non-hydrogen) atoms. The standard InChI is InChI=1S/C17H23NO2/c1-12-3-2-4-13(9-12)16(19)7-8-18-10-14-5-6-17(20)15(14)11-18/h2-4,9,14-15,17,20H,5-8,10-11H2,1H3. The minimum absolute atomic E-state index is 0.113. The van der Waals surface area contributed by atoms with Gasteiger partial charge >= 0.3 is 0 Å². The lowest BCUT2D eigenvalue weighted by Crippen LogP contribution is -2.27. The highest BCUT2D eigenvalue weighted by molar-refractivity contribution is 5.96. The number of likely N-dealkylation sites (tertiary alicyclic amines) is 1. The van der Waals surface area contributed by atoms with E-state index in [-0.39, 0.29) is 11.9 Å². The van der Waals surface area contributed by atoms with Crippen LogP contribution in [-0.4, -0.2) is 41.5 Å². The van der Waals surface area contributed by atoms with Crippen LogP contribution in [0.3, 0.4) is 0 Å². The number of carbonyl (C=O) groups excluding carboxylic acids is 1. The number of carbonyl (C=O) groups is 1. The molecule has 1 aliphatic carbocycles. The summed E-state index contributed by atoms with van der Waals surface area (Å²) in [4.78, 5) is 14.5. The summed E-state index contributed by atoms with van der Waals surface area (Å²) in [6.45, 7) is 4.86. The second kappa shape index (κ2) is 5.66. The molecule has 1 aliphatic heterocycles. The van der Waals surface area contributed by atoms with Gasteiger partial charge < -0.3 is 10.0 Å². The number of aliphatic hydroxyl groups is 1. The molecule has 0 bridgehead atoms. The number of fused-ring (bicyclic) bond motifs is 1. The Morgan fingerprint density at radius 3 is 2.95 bits per heavy atom. The lowest BCUT2D eigenvalue weighted by molar-refractivity contribution is 0.0961. The first-order valence-electron chi connectivity index (χ1n) is 7.64. The Hall–Kier alpha value is -1.19. The van der Waals surface area contributed by atoms with Crippen molar-refractivity contribution in [3.05, 3.63) is 35.4 Å². The third kappa shape index (κ3) is 2.79. The van der Waals surface area contributed by atoms with Crippen molar-refractivity contribution in [2.75, 3.05) is 19.6 Å². The molecule has 3 atom stereocenters. The van der Waals surface area contributed by atoms with E-state index < -0.39 is 0 Å². The third-order valence-corrected chi connectivity index (χ3v) is 4.89. The summed E-state index contributed by atoms with van der Waals surface area (Å²) in [6, 6.07) is 7.82. The lowest BCUT2D eigenvalue weighted by Gasteiger charge is -2.17. The number of Topliss-reactive ketones (excluding diaryl/α,β-unsaturated/α-hetero) is 1. The van der Waals surface area contributed by atoms with Crippen molar-refractivity contribution in [2.24, 2.45) is 11.8 Å². The first kappa shape index (κ1) is 13.8. The van der Waals surface area contributed by atoms with Crippen molar-refractivity contribution in [1.29, 1.82) is 0 Å². The Balaban J connectivity index is 1.52. The van der Waals surface area contributed by atoms with Gasteiger partial charge in [-0.2, -0.15) is 0 Å². The van der Waals surface area contributed by atoms with E-state index in [2.05, 4.69) is 4.90 Å². The van der Waals surface area contributed by atoms with Crippen LogP contribution in [0.1, 0.15) is 35.2 Å². The number of hydrogen-bond acceptors (Lipinski definition) is 3. The second-order valence-corrected chi connectivity index (χ2v) is 6.37. The summed E-state index contributed by atoms with van der Waals surface area (Å²) < 4.78 is 0. The molecular formula is C17H23NO2. The van der Waals surface area contributed by atoms with Crippen LogP contribution in [0.5, 0.6) is 0 Å². The fourth-order valence-corrected chi connectivity index (χ4v) is 3.73. The van der Waals surface area contributed by atoms with Crippen molar-refractivity contribution < 1.29 is 9.90 Å². The van der Waals surface area contributed by atoms with Gasteiger partial charge in [-0.05, 0) is 31.7 Å². The second-order valence-electron chi connectivity index (χ2n) is 6.37. The number of aryl methyl sites for hydroxylation is 1. The van der Waals surface area contributed by atoms with Gasteiger partial charge in [0.1, 0.15) is 0 Å². The van der Waals surface area contributed by atoms with E-state index in [0.717, 1.165) is 43.6 Å². The maximum atomic E-state index is 12.2. The molecule has 1 saturated heterocycles. The maximum absolute atomic E-state index is 12.2. The molecule has 1 N–H and O–H groups in total. The van der Waals surface area contributed by atoms with Crippen molar-refractivity contribution >= 4 is 5.78 Å². The SMILES string of the molecule is Cc1cccc(C(=O)CCN2CC3CCC(O)C3C2)c1. The van der Waals surface area contributed by atoms with Crippen molar-refractivity contribution in [1.82, 2.24) is 4.90 Å². The summed E-state index contributed by atoms with van der Waals surface area (Å²) in [7, 11) is 0. The quantitative estimate of drug-likeness (QED) is 0.856. The van der Waals surface area contributed by atoms with Gasteiger partial charge in [-0.25, -0.2) is 0 Å². The summed E-state index contributed by atoms with van der Waals surface area (Å²) >= 11 is 0. The van der Waals surface area contributed by atoms with Crippen LogP contribution in [0.15, 0.2) is 24.3 Å². The summed E-state index contributed by atoms with van der Waals surface area (Å²) in [5, 5.41) is 9.91. The largest absolute Gasteiger partial charge is 0.393 e. The zero-order valence-corrected chi connectivity index (χ0v) is 12.1. The normalized spacial score (nSPS) is 29.6. The molecule has 1 aromatic carbocycles. The highest BCUT2D eigenvalue weighted by atomic mass is 16.3. The summed E-state index contributed by atoms with van der Waals surface area (Å²) in [6.07, 6.45) is 2.58. The Bertz CT molecular complexity index is 500. The Morgan fingerprint density at radius 1 is 1.35 bits per heavy atom. The van der Waals surface area contributed by atoms with E-state index in [1.54, 1.807) is 0 Å². The van der Waals surface area contributed by atoms with Crippen molar-refractivity contribution in [2.45, 2.75) is 32.3 Å². The molecule has 3 rings (SSSR count). The number of benzene rings is 1. The molecule has 1 saturated carbocycles. The Morgan fingerprint density at radius 2 is 2.20 bits per heavy atom. The van der Waals surface area contributed by atoms with E-state index in [1.807, 2.05) is 31.2 Å². The molecule has 3 unspecified atom stereocenters. The predicted molar refractivity (Wildman–Crippen MR) is 78.8 cm³/mol. The number of nitrogens with zero attached hydrogens (tertiary/aromatic N) is 1. The van der Waals surface area contributed by atoms with Crippen LogP contribution in [0, 0.1) is 18.8 Å². The topological polar surface area (TPSA) is 40.5 Å². The smallest absolute Gasteiger partial charge is 0.164 e. The highest BCUT2D eigenvalue weighted by Crippen LogP contribution is 2.37. The minimum atomic E-state index is -0.113. The Labute approximate surface area is 120 Å². The summed E-state index contributed by atoms with van der Waals surface area (Å²) in [5.41, 5.74) is 1.96. The number of ketones is 1. The number of aliphatic hydroxyl groups excluding tert-OH is 1. The Kier molecular flexibility index (Phi) is 3.90. The van der Waals surface area contributed by atoms with Crippen LogP contribution >= 0.6 is 0 Å². The van der Waals surface area contributed by atoms with E-state index in [4.69, 9.17) is 0 Å². The predicted octanol–water partition coefficient (Wildman–Crippen LogP) is 2.27. The van der Waals surface area contributed by atoms with Crippen LogP contribution in [0.4, 0.5) is 0 Å². The molecule has 0 amide bonds. The third-order valence-electron chi connectivity index (χ3n) is 4.89. The molecule has 1 aromatic rings. The van der Waals surface area contributed by atoms with Crippen LogP contribution in [0.2, 0.25) is 0 Å². The van der Waals surface area contributed by atoms with Gasteiger partial charge in [0.15, 0.2) is 5.78 Å². The fraction of sp³-hybridized carbons (Fsp3) is 0.588. The average molecular weight is 273 g/mol. The van der Waals surface area contributed by atoms with Crippen LogP contribution in [-0.2, 0) is 0 Å². The van der Waals surface area contributed by atoms with Crippen molar-refractivity contribution in [3.63, 3.8) is 0 Å². The molecule has 108 valence electrons. The van der Waals surface area contributed by atoms with Gasteiger partial charge in [-0.3, -0.25) is 4.79 Å². The van der Waals surface area contributed by atoms with E-state index in [1.165, 1.54) is 0 Å². The van der Waals surface area contributed by atoms with E-state index >= 15 is 0 Å². The molecule has 2 aliphatic rings. The number of hydrogen-bond donors (Lipinski definition) is 1. The van der Waals surface area contributed by atoms with Gasteiger partial charge in [-0.15, -0.1) is 0 Å². The van der Waals surface area contributed by atoms with Crippen LogP contribution < -0.4 is 0 Å². The van der Waals surface area contributed by atoms with Crippen molar-refractivity contribution in [3.8, 4) is 0 Å². The average Bonchev–Trinajstić information content (AvgIpc) is 2.98. The zero-order chi connectivity index (χ0) is 14.1. The van der Waals surface area contributed by atoms with Crippen LogP contribution in [0.25, 0.3) is 0 Å². The number of rotatable bonds is 4. The molecule has 1 heterocycles. The molecule has 3 nitrogen and oxygen atoms in total. The highest BCUT2D eigenvalue weighted by Gasteiger charge is 2.41. The zero-order valence-electron chi connectivity index (χ0n) is 12.1. The fourth-order valence-electron chi connectivity index (χ4n) is 3.73. The molecule has 0 aromatic heterocycles. The van der Waals surface area contributed by atoms with Gasteiger partial charge in [0.05, 0.1) is 6.10 Å². The minimum Gasteiger partial charge on any atom is -0.393 e. The molecular weight excluding hydrogens is 250 g/mol. The molecule has 0 radical (unpaired) electrons. The monoisotopic (exact) mass is 273 g/mol.